The number of nitrogens with two attached hydrogens (primary N) is 1. The van der Waals surface area contributed by atoms with Gasteiger partial charge in [0.25, 0.3) is 0 Å². The molecule has 2 unspecified atom stereocenters. The van der Waals surface area contributed by atoms with Crippen molar-refractivity contribution in [2.24, 2.45) is 5.73 Å². The van der Waals surface area contributed by atoms with Crippen molar-refractivity contribution >= 4 is 33.2 Å². The Labute approximate surface area is 168 Å². The van der Waals surface area contributed by atoms with Gasteiger partial charge >= 0.3 is 0 Å². The van der Waals surface area contributed by atoms with Crippen molar-refractivity contribution in [1.82, 2.24) is 4.98 Å². The predicted molar refractivity (Wildman–Crippen MR) is 117 cm³/mol. The van der Waals surface area contributed by atoms with Crippen molar-refractivity contribution in [2.75, 3.05) is 29.1 Å². The molecule has 3 N–H and O–H groups in total. The third-order valence-corrected chi connectivity index (χ3v) is 6.46. The number of pyridine rings is 1. The second-order valence-electron chi connectivity index (χ2n) is 7.49. The lowest BCUT2D eigenvalue weighted by Crippen LogP contribution is -2.27. The number of hydrogen-bond acceptors (Lipinski definition) is 5. The van der Waals surface area contributed by atoms with Crippen LogP contribution in [0.3, 0.4) is 0 Å². The van der Waals surface area contributed by atoms with E-state index in [1.165, 1.54) is 5.56 Å². The van der Waals surface area contributed by atoms with Crippen LogP contribution in [0.2, 0.25) is 0 Å². The number of anilines is 2. The van der Waals surface area contributed by atoms with Gasteiger partial charge in [0, 0.05) is 53.5 Å². The summed E-state index contributed by atoms with van der Waals surface area (Å²) in [6.45, 7) is 6.18. The molecule has 0 saturated carbocycles. The highest BCUT2D eigenvalue weighted by Crippen LogP contribution is 2.30. The van der Waals surface area contributed by atoms with E-state index in [9.17, 15) is 4.21 Å². The average molecular weight is 395 g/mol. The predicted octanol–water partition coefficient (Wildman–Crippen LogP) is 3.43. The summed E-state index contributed by atoms with van der Waals surface area (Å²) in [6, 6.07) is 16.5. The highest BCUT2D eigenvalue weighted by Gasteiger charge is 2.21. The quantitative estimate of drug-likeness (QED) is 0.709. The van der Waals surface area contributed by atoms with E-state index in [1.54, 1.807) is 0 Å². The number of nitrogens with zero attached hydrogens (tertiary/aromatic N) is 2. The van der Waals surface area contributed by atoms with Crippen molar-refractivity contribution in [3.63, 3.8) is 0 Å². The normalized spacial score (nSPS) is 17.8. The zero-order chi connectivity index (χ0) is 19.7. The van der Waals surface area contributed by atoms with Crippen LogP contribution < -0.4 is 16.0 Å². The van der Waals surface area contributed by atoms with Crippen molar-refractivity contribution in [3.8, 4) is 0 Å². The third kappa shape index (κ3) is 3.88. The van der Waals surface area contributed by atoms with Gasteiger partial charge in [-0.3, -0.25) is 4.21 Å². The van der Waals surface area contributed by atoms with Crippen molar-refractivity contribution in [2.45, 2.75) is 31.3 Å². The number of aryl methyl sites for hydroxylation is 1. The summed E-state index contributed by atoms with van der Waals surface area (Å²) in [5.41, 5.74) is 10.3. The topological polar surface area (TPSA) is 71.2 Å². The zero-order valence-corrected chi connectivity index (χ0v) is 17.1. The minimum atomic E-state index is -0.974. The highest BCUT2D eigenvalue weighted by molar-refractivity contribution is 7.85. The Bertz CT molecular complexity index is 1030. The molecule has 2 aromatic carbocycles. The van der Waals surface area contributed by atoms with Crippen LogP contribution in [0.5, 0.6) is 0 Å². The molecular formula is C22H26N4OS. The molecular weight excluding hydrogens is 368 g/mol. The Morgan fingerprint density at radius 2 is 2.07 bits per heavy atom. The van der Waals surface area contributed by atoms with Gasteiger partial charge in [0.05, 0.1) is 16.3 Å². The third-order valence-electron chi connectivity index (χ3n) is 5.01. The number of hydrogen-bond donors (Lipinski definition) is 2. The van der Waals surface area contributed by atoms with Crippen LogP contribution in [0.25, 0.3) is 10.9 Å². The standard InChI is InChI=1S/C22H26N4OS/c1-15-7-8-19-18(11-15)20(24-13-16(2)23)12-22(25-19)26-9-10-28(27)21-6-4-3-5-17(21)14-26/h3-8,11-12,16H,9-10,13-14,23H2,1-2H3,(H,24,25). The van der Waals surface area contributed by atoms with Gasteiger partial charge in [-0.2, -0.15) is 0 Å². The van der Waals surface area contributed by atoms with Crippen LogP contribution in [0.4, 0.5) is 11.5 Å². The van der Waals surface area contributed by atoms with E-state index in [0.717, 1.165) is 32.9 Å². The molecule has 146 valence electrons. The SMILES string of the molecule is Cc1ccc2nc(N3CCS(=O)c4ccccc4C3)cc(NCC(C)N)c2c1. The molecule has 1 aromatic heterocycles. The first-order valence-electron chi connectivity index (χ1n) is 9.63. The summed E-state index contributed by atoms with van der Waals surface area (Å²) in [4.78, 5) is 8.09. The molecule has 0 radical (unpaired) electrons. The second-order valence-corrected chi connectivity index (χ2v) is 9.02. The molecule has 0 amide bonds. The molecule has 4 rings (SSSR count). The van der Waals surface area contributed by atoms with Gasteiger partial charge in [0.1, 0.15) is 5.82 Å². The molecule has 1 aliphatic rings. The number of aromatic nitrogens is 1. The first-order valence-corrected chi connectivity index (χ1v) is 11.0. The van der Waals surface area contributed by atoms with E-state index >= 15 is 0 Å². The second kappa shape index (κ2) is 7.89. The summed E-state index contributed by atoms with van der Waals surface area (Å²) < 4.78 is 12.6. The summed E-state index contributed by atoms with van der Waals surface area (Å²) in [5, 5.41) is 4.59. The lowest BCUT2D eigenvalue weighted by atomic mass is 10.1. The van der Waals surface area contributed by atoms with E-state index in [1.807, 2.05) is 25.1 Å². The van der Waals surface area contributed by atoms with Gasteiger partial charge in [0.15, 0.2) is 0 Å². The number of benzene rings is 2. The van der Waals surface area contributed by atoms with Gasteiger partial charge in [-0.25, -0.2) is 4.98 Å². The van der Waals surface area contributed by atoms with Crippen LogP contribution in [0.1, 0.15) is 18.1 Å². The smallest absolute Gasteiger partial charge is 0.131 e. The fourth-order valence-electron chi connectivity index (χ4n) is 3.54. The number of fused-ring (bicyclic) bond motifs is 2. The Balaban J connectivity index is 1.76. The Morgan fingerprint density at radius 1 is 1.25 bits per heavy atom. The molecule has 6 heteroatoms. The minimum Gasteiger partial charge on any atom is -0.383 e. The molecule has 2 atom stereocenters. The average Bonchev–Trinajstić information content (AvgIpc) is 2.85. The molecule has 28 heavy (non-hydrogen) atoms. The maximum atomic E-state index is 12.6. The molecule has 0 aliphatic carbocycles. The van der Waals surface area contributed by atoms with Gasteiger partial charge in [0.2, 0.25) is 0 Å². The fraction of sp³-hybridized carbons (Fsp3) is 0.318. The van der Waals surface area contributed by atoms with E-state index in [4.69, 9.17) is 10.7 Å². The molecule has 5 nitrogen and oxygen atoms in total. The van der Waals surface area contributed by atoms with Crippen molar-refractivity contribution < 1.29 is 4.21 Å². The van der Waals surface area contributed by atoms with Crippen molar-refractivity contribution in [3.05, 3.63) is 59.7 Å². The number of nitrogens with one attached hydrogen (secondary N) is 1. The van der Waals surface area contributed by atoms with Crippen LogP contribution in [-0.2, 0) is 17.3 Å². The molecule has 3 aromatic rings. The maximum Gasteiger partial charge on any atom is 0.131 e. The van der Waals surface area contributed by atoms with Gasteiger partial charge in [-0.15, -0.1) is 0 Å². The Kier molecular flexibility index (Phi) is 5.33. The summed E-state index contributed by atoms with van der Waals surface area (Å²) >= 11 is 0. The molecule has 0 bridgehead atoms. The van der Waals surface area contributed by atoms with Crippen LogP contribution in [0.15, 0.2) is 53.4 Å². The highest BCUT2D eigenvalue weighted by atomic mass is 32.2. The minimum absolute atomic E-state index is 0.0592. The first kappa shape index (κ1) is 18.9. The summed E-state index contributed by atoms with van der Waals surface area (Å²) in [7, 11) is -0.974. The molecule has 1 aliphatic heterocycles. The maximum absolute atomic E-state index is 12.6. The van der Waals surface area contributed by atoms with E-state index < -0.39 is 10.8 Å². The molecule has 0 fully saturated rings. The van der Waals surface area contributed by atoms with Gasteiger partial charge in [-0.05, 0) is 37.6 Å². The van der Waals surface area contributed by atoms with E-state index in [-0.39, 0.29) is 6.04 Å². The first-order chi connectivity index (χ1) is 13.5. The summed E-state index contributed by atoms with van der Waals surface area (Å²) in [6.07, 6.45) is 0. The van der Waals surface area contributed by atoms with E-state index in [2.05, 4.69) is 47.5 Å². The Morgan fingerprint density at radius 3 is 2.89 bits per heavy atom. The van der Waals surface area contributed by atoms with Gasteiger partial charge < -0.3 is 16.0 Å². The van der Waals surface area contributed by atoms with Gasteiger partial charge in [-0.1, -0.05) is 29.8 Å². The zero-order valence-electron chi connectivity index (χ0n) is 16.3. The molecule has 0 saturated heterocycles. The fourth-order valence-corrected chi connectivity index (χ4v) is 4.81. The molecule has 2 heterocycles. The van der Waals surface area contributed by atoms with Crippen LogP contribution >= 0.6 is 0 Å². The monoisotopic (exact) mass is 394 g/mol. The van der Waals surface area contributed by atoms with Crippen molar-refractivity contribution in [1.29, 1.82) is 0 Å². The van der Waals surface area contributed by atoms with Crippen LogP contribution in [0, 0.1) is 6.92 Å². The van der Waals surface area contributed by atoms with Crippen LogP contribution in [-0.4, -0.2) is 34.1 Å². The number of rotatable bonds is 4. The van der Waals surface area contributed by atoms with E-state index in [0.29, 0.717) is 25.4 Å². The lowest BCUT2D eigenvalue weighted by molar-refractivity contribution is 0.683. The summed E-state index contributed by atoms with van der Waals surface area (Å²) in [5.74, 6) is 1.50. The Hall–Kier alpha value is -2.44. The lowest BCUT2D eigenvalue weighted by Gasteiger charge is -2.23. The molecule has 0 spiro atoms. The largest absolute Gasteiger partial charge is 0.383 e.